The standard InChI is InChI=1S/C20H18N4O3.C7H13N5.C2H6.Cu.I3.I2.HI/c1-26-27-19-14-8-6-12-17(19)22-24-20(15-9-3-2-4-10-15)23-21-16-11-5-7-13-18(16)25;1-5-9-6(8-2)11-7(10-5)12(3)4;1-2;;1-3-2;1-2;/h2-14,22,25H,1H3;1-4H3,(H,8,9,10,11);1-2H3;;;;1H/q;;;;-1;;/b23-21?,24-20-;;;;;;. The molecule has 4 rings (SSSR count). The van der Waals surface area contributed by atoms with Gasteiger partial charge in [-0.15, -0.1) is 34.2 Å². The number of phenols is 1. The molecule has 4 aromatic rings. The third-order valence-electron chi connectivity index (χ3n) is 4.87. The molecule has 48 heavy (non-hydrogen) atoms. The smallest absolute Gasteiger partial charge is 0 e. The van der Waals surface area contributed by atoms with Gasteiger partial charge in [0.1, 0.15) is 22.9 Å². The number of anilines is 3. The molecule has 1 radical (unpaired) electrons. The van der Waals surface area contributed by atoms with Gasteiger partial charge in [0.2, 0.25) is 17.7 Å². The molecule has 1 aromatic heterocycles. The number of aromatic hydroxyl groups is 1. The van der Waals surface area contributed by atoms with Crippen molar-refractivity contribution >= 4 is 128 Å². The van der Waals surface area contributed by atoms with Crippen LogP contribution in [0.4, 0.5) is 23.3 Å². The number of hydrazone groups is 1. The molecule has 0 fully saturated rings. The van der Waals surface area contributed by atoms with E-state index >= 15 is 0 Å². The number of nitrogens with one attached hydrogen (secondary N) is 2. The van der Waals surface area contributed by atoms with Crippen LogP contribution in [0.1, 0.15) is 25.2 Å². The van der Waals surface area contributed by atoms with E-state index in [1.165, 1.54) is 7.11 Å². The van der Waals surface area contributed by atoms with Crippen LogP contribution in [0, 0.1) is 6.92 Å². The molecule has 0 aliphatic carbocycles. The molecule has 0 atom stereocenters. The van der Waals surface area contributed by atoms with Crippen LogP contribution in [0.2, 0.25) is 0 Å². The summed E-state index contributed by atoms with van der Waals surface area (Å²) in [5.41, 5.74) is 4.63. The number of aromatic nitrogens is 3. The first-order chi connectivity index (χ1) is 22.3. The number of hydrogen-bond acceptors (Lipinski definition) is 11. The summed E-state index contributed by atoms with van der Waals surface area (Å²) in [6.45, 7) is 5.84. The third kappa shape index (κ3) is 21.9. The summed E-state index contributed by atoms with van der Waals surface area (Å²) >= 11 is 9.54. The van der Waals surface area contributed by atoms with Crippen molar-refractivity contribution in [3.05, 3.63) is 90.3 Å². The number of para-hydroxylation sites is 3. The van der Waals surface area contributed by atoms with Gasteiger partial charge in [0.15, 0.2) is 5.75 Å². The number of benzene rings is 3. The minimum atomic E-state index is 0. The quantitative estimate of drug-likeness (QED) is 0.0314. The molecule has 0 aliphatic heterocycles. The van der Waals surface area contributed by atoms with Crippen LogP contribution in [0.15, 0.2) is 94.2 Å². The number of aryl methyl sites for hydroxylation is 1. The summed E-state index contributed by atoms with van der Waals surface area (Å²) in [6.07, 6.45) is 0. The van der Waals surface area contributed by atoms with Crippen molar-refractivity contribution in [1.82, 2.24) is 15.0 Å². The number of halogens is 6. The molecule has 0 saturated carbocycles. The fourth-order valence-electron chi connectivity index (χ4n) is 3.00. The maximum atomic E-state index is 9.86. The summed E-state index contributed by atoms with van der Waals surface area (Å²) < 4.78 is 0. The predicted octanol–water partition coefficient (Wildman–Crippen LogP) is 7.37. The van der Waals surface area contributed by atoms with Crippen LogP contribution >= 0.6 is 98.4 Å². The first-order valence-corrected chi connectivity index (χ1v) is 32.2. The molecular weight excluding hydrogens is 1350 g/mol. The Labute approximate surface area is 364 Å². The summed E-state index contributed by atoms with van der Waals surface area (Å²) in [6, 6.07) is 23.3. The van der Waals surface area contributed by atoms with Gasteiger partial charge in [-0.2, -0.15) is 24.9 Å². The summed E-state index contributed by atoms with van der Waals surface area (Å²) in [4.78, 5) is 24.0. The number of rotatable bonds is 8. The minimum absolute atomic E-state index is 0. The largest absolute Gasteiger partial charge is 0 e. The van der Waals surface area contributed by atoms with Gasteiger partial charge in [-0.3, -0.25) is 5.43 Å². The van der Waals surface area contributed by atoms with Crippen LogP contribution in [-0.4, -0.2) is 54.1 Å². The topological polar surface area (TPSA) is 142 Å². The van der Waals surface area contributed by atoms with Crippen molar-refractivity contribution in [2.24, 2.45) is 15.3 Å². The van der Waals surface area contributed by atoms with Crippen molar-refractivity contribution in [1.29, 1.82) is 0 Å². The number of amidine groups is 1. The van der Waals surface area contributed by atoms with Crippen molar-refractivity contribution in [2.45, 2.75) is 20.8 Å². The summed E-state index contributed by atoms with van der Waals surface area (Å²) in [5, 5.41) is 25.4. The SMILES string of the molecule is CC.CNc1nc(C)nc(N(C)C)n1.COOc1ccccc1N/N=C(\N=Nc1ccccc1O)c1ccccc1.I.II.I[I-]I.[Cu]. The molecule has 12 nitrogen and oxygen atoms in total. The second kappa shape index (κ2) is 33.9. The second-order valence-corrected chi connectivity index (χ2v) is 24.3. The maximum absolute atomic E-state index is 9.86. The molecule has 1 heterocycles. The fraction of sp³-hybridized carbons (Fsp3) is 0.241. The average molecular weight is 1390 g/mol. The van der Waals surface area contributed by atoms with E-state index in [1.807, 2.05) is 82.2 Å². The second-order valence-electron chi connectivity index (χ2n) is 8.05. The fourth-order valence-corrected chi connectivity index (χ4v) is 3.00. The zero-order chi connectivity index (χ0) is 34.7. The van der Waals surface area contributed by atoms with E-state index in [2.05, 4.69) is 115 Å². The Kier molecular flexibility index (Phi) is 36.9. The molecule has 0 bridgehead atoms. The zero-order valence-electron chi connectivity index (χ0n) is 27.0. The molecule has 271 valence electrons. The van der Waals surface area contributed by atoms with Gasteiger partial charge in [-0.1, -0.05) is 68.4 Å². The number of phenolic OH excluding ortho intramolecular Hbond substituents is 1. The van der Waals surface area contributed by atoms with Gasteiger partial charge in [0.25, 0.3) is 0 Å². The number of nitrogens with zero attached hydrogens (tertiary/aromatic N) is 7. The van der Waals surface area contributed by atoms with Crippen molar-refractivity contribution < 1.29 is 45.2 Å². The molecular formula is C29H38CuI6N9O3-. The first kappa shape index (κ1) is 52.2. The van der Waals surface area contributed by atoms with Crippen molar-refractivity contribution in [3.8, 4) is 11.5 Å². The molecule has 0 saturated heterocycles. The molecule has 3 aromatic carbocycles. The van der Waals surface area contributed by atoms with Gasteiger partial charge in [-0.05, 0) is 31.2 Å². The Balaban J connectivity index is -0.000000811. The summed E-state index contributed by atoms with van der Waals surface area (Å²) in [7, 11) is 7.01. The van der Waals surface area contributed by atoms with E-state index in [9.17, 15) is 5.11 Å². The Bertz CT molecular complexity index is 1450. The van der Waals surface area contributed by atoms with E-state index in [0.29, 0.717) is 48.1 Å². The van der Waals surface area contributed by atoms with Gasteiger partial charge in [-0.25, -0.2) is 0 Å². The van der Waals surface area contributed by atoms with Crippen LogP contribution in [0.3, 0.4) is 0 Å². The molecule has 0 spiro atoms. The van der Waals surface area contributed by atoms with Crippen molar-refractivity contribution in [2.75, 3.05) is 43.9 Å². The maximum Gasteiger partial charge on any atom is 0 e. The Morgan fingerprint density at radius 1 is 0.896 bits per heavy atom. The Hall–Kier alpha value is -0.201. The number of hydrogen-bond donors (Lipinski definition) is 3. The van der Waals surface area contributed by atoms with E-state index in [0.717, 1.165) is 11.4 Å². The van der Waals surface area contributed by atoms with Gasteiger partial charge >= 0.3 is 50.5 Å². The van der Waals surface area contributed by atoms with Gasteiger partial charge in [0.05, 0.1) is 7.11 Å². The Morgan fingerprint density at radius 3 is 2.02 bits per heavy atom. The van der Waals surface area contributed by atoms with Gasteiger partial charge < -0.3 is 20.2 Å². The normalized spacial score (nSPS) is 9.60. The first-order valence-electron chi connectivity index (χ1n) is 13.3. The minimum Gasteiger partial charge on any atom is 0 e. The van der Waals surface area contributed by atoms with E-state index in [4.69, 9.17) is 9.78 Å². The molecule has 19 heteroatoms. The van der Waals surface area contributed by atoms with E-state index in [-0.39, 0.29) is 46.8 Å². The van der Waals surface area contributed by atoms with Gasteiger partial charge in [0, 0.05) is 81.0 Å². The van der Waals surface area contributed by atoms with Crippen LogP contribution in [0.25, 0.3) is 0 Å². The predicted molar refractivity (Wildman–Crippen MR) is 235 cm³/mol. The monoisotopic (exact) mass is 1380 g/mol. The summed E-state index contributed by atoms with van der Waals surface area (Å²) in [5.74, 6) is 2.86. The number of azo groups is 1. The molecule has 0 aliphatic rings. The van der Waals surface area contributed by atoms with Crippen LogP contribution in [-0.2, 0) is 22.0 Å². The molecule has 3 N–H and O–H groups in total. The van der Waals surface area contributed by atoms with Crippen molar-refractivity contribution in [3.63, 3.8) is 0 Å². The molecule has 0 unspecified atom stereocenters. The van der Waals surface area contributed by atoms with Crippen LogP contribution in [0.5, 0.6) is 11.5 Å². The third-order valence-corrected chi connectivity index (χ3v) is 4.87. The zero-order valence-corrected chi connectivity index (χ0v) is 41.1. The van der Waals surface area contributed by atoms with E-state index < -0.39 is 0 Å². The average Bonchev–Trinajstić information content (AvgIpc) is 3.09. The van der Waals surface area contributed by atoms with E-state index in [1.54, 1.807) is 43.4 Å². The Morgan fingerprint density at radius 2 is 1.46 bits per heavy atom. The molecule has 0 amide bonds. The van der Waals surface area contributed by atoms with Crippen LogP contribution < -0.4 is 33.8 Å².